The van der Waals surface area contributed by atoms with Crippen LogP contribution in [0.15, 0.2) is 24.3 Å². The molecule has 1 aromatic carbocycles. The van der Waals surface area contributed by atoms with Gasteiger partial charge in [0.05, 0.1) is 5.56 Å². The summed E-state index contributed by atoms with van der Waals surface area (Å²) in [6.07, 6.45) is -0.730. The molecule has 1 saturated heterocycles. The molecule has 0 spiro atoms. The fraction of sp³-hybridized carbons (Fsp3) is 0.579. The van der Waals surface area contributed by atoms with Crippen molar-refractivity contribution in [2.75, 3.05) is 6.54 Å². The summed E-state index contributed by atoms with van der Waals surface area (Å²) in [5.74, 6) is -1.38. The molecule has 1 N–H and O–H groups in total. The predicted molar refractivity (Wildman–Crippen MR) is 88.5 cm³/mol. The first-order chi connectivity index (χ1) is 12.3. The van der Waals surface area contributed by atoms with E-state index in [0.29, 0.717) is 24.9 Å². The number of rotatable bonds is 5. The molecule has 1 aliphatic heterocycles. The summed E-state index contributed by atoms with van der Waals surface area (Å²) in [4.78, 5) is 25.4. The maximum atomic E-state index is 12.9. The van der Waals surface area contributed by atoms with Gasteiger partial charge in [0.15, 0.2) is 0 Å². The minimum atomic E-state index is -4.39. The van der Waals surface area contributed by atoms with E-state index < -0.39 is 17.7 Å². The molecular weight excluding hydrogens is 347 g/mol. The lowest BCUT2D eigenvalue weighted by atomic mass is 9.97. The van der Waals surface area contributed by atoms with Crippen LogP contribution in [0.3, 0.4) is 0 Å². The number of nitrogens with zero attached hydrogens (tertiary/aromatic N) is 1. The monoisotopic (exact) mass is 369 g/mol. The highest BCUT2D eigenvalue weighted by Gasteiger charge is 2.47. The first kappa shape index (κ1) is 18.7. The van der Waals surface area contributed by atoms with Gasteiger partial charge in [-0.3, -0.25) is 9.59 Å². The van der Waals surface area contributed by atoms with Crippen molar-refractivity contribution >= 4 is 11.9 Å². The summed E-state index contributed by atoms with van der Waals surface area (Å²) >= 11 is 0. The van der Waals surface area contributed by atoms with Crippen molar-refractivity contribution in [1.29, 1.82) is 0 Å². The highest BCUT2D eigenvalue weighted by Crippen LogP contribution is 2.50. The lowest BCUT2D eigenvalue weighted by Crippen LogP contribution is -2.44. The van der Waals surface area contributed by atoms with Crippen LogP contribution < -0.4 is 0 Å². The molecule has 26 heavy (non-hydrogen) atoms. The number of benzene rings is 1. The number of hydrogen-bond acceptors (Lipinski definition) is 2. The van der Waals surface area contributed by atoms with Crippen LogP contribution in [0.25, 0.3) is 0 Å². The van der Waals surface area contributed by atoms with E-state index in [9.17, 15) is 22.8 Å². The Labute approximate surface area is 150 Å². The normalized spacial score (nSPS) is 25.8. The standard InChI is InChI=1S/C19H22F3NO3/c20-19(21,22)13-5-3-4-12(10-13)15-11-16(15)18(26)23-9-2-1-6-14(23)7-8-17(24)25/h3-5,10,14-16H,1-2,6-9,11H2,(H,24,25). The third-order valence-electron chi connectivity index (χ3n) is 5.35. The first-order valence-corrected chi connectivity index (χ1v) is 8.97. The largest absolute Gasteiger partial charge is 0.481 e. The van der Waals surface area contributed by atoms with E-state index in [4.69, 9.17) is 5.11 Å². The zero-order chi connectivity index (χ0) is 18.9. The number of aliphatic carboxylic acids is 1. The molecule has 1 aliphatic carbocycles. The van der Waals surface area contributed by atoms with Crippen LogP contribution in [0.5, 0.6) is 0 Å². The van der Waals surface area contributed by atoms with Crippen LogP contribution in [0, 0.1) is 5.92 Å². The topological polar surface area (TPSA) is 57.6 Å². The van der Waals surface area contributed by atoms with Gasteiger partial charge >= 0.3 is 12.1 Å². The van der Waals surface area contributed by atoms with Crippen LogP contribution in [0.1, 0.15) is 55.6 Å². The Hall–Kier alpha value is -2.05. The van der Waals surface area contributed by atoms with Crippen molar-refractivity contribution < 1.29 is 27.9 Å². The second-order valence-electron chi connectivity index (χ2n) is 7.19. The second-order valence-corrected chi connectivity index (χ2v) is 7.19. The van der Waals surface area contributed by atoms with E-state index >= 15 is 0 Å². The summed E-state index contributed by atoms with van der Waals surface area (Å²) in [6.45, 7) is 0.606. The van der Waals surface area contributed by atoms with Gasteiger partial charge in [0.2, 0.25) is 5.91 Å². The maximum Gasteiger partial charge on any atom is 0.416 e. The van der Waals surface area contributed by atoms with E-state index in [1.165, 1.54) is 6.07 Å². The second kappa shape index (κ2) is 7.29. The van der Waals surface area contributed by atoms with Crippen molar-refractivity contribution in [3.05, 3.63) is 35.4 Å². The predicted octanol–water partition coefficient (Wildman–Crippen LogP) is 4.05. The smallest absolute Gasteiger partial charge is 0.416 e. The Kier molecular flexibility index (Phi) is 5.25. The number of carbonyl (C=O) groups is 2. The number of alkyl halides is 3. The maximum absolute atomic E-state index is 12.9. The van der Waals surface area contributed by atoms with Crippen LogP contribution in [-0.4, -0.2) is 34.5 Å². The van der Waals surface area contributed by atoms with E-state index in [2.05, 4.69) is 0 Å². The number of halogens is 3. The highest BCUT2D eigenvalue weighted by atomic mass is 19.4. The van der Waals surface area contributed by atoms with Crippen LogP contribution >= 0.6 is 0 Å². The van der Waals surface area contributed by atoms with Gasteiger partial charge in [0.25, 0.3) is 0 Å². The van der Waals surface area contributed by atoms with Crippen LogP contribution in [0.4, 0.5) is 13.2 Å². The average molecular weight is 369 g/mol. The molecule has 0 bridgehead atoms. The summed E-state index contributed by atoms with van der Waals surface area (Å²) < 4.78 is 38.6. The van der Waals surface area contributed by atoms with Gasteiger partial charge in [0.1, 0.15) is 0 Å². The Balaban J connectivity index is 1.67. The Bertz CT molecular complexity index is 689. The third-order valence-corrected chi connectivity index (χ3v) is 5.35. The Morgan fingerprint density at radius 2 is 2.00 bits per heavy atom. The molecule has 1 heterocycles. The fourth-order valence-electron chi connectivity index (χ4n) is 3.88. The summed E-state index contributed by atoms with van der Waals surface area (Å²) in [5, 5.41) is 8.88. The molecule has 1 amide bonds. The van der Waals surface area contributed by atoms with Gasteiger partial charge in [-0.1, -0.05) is 18.2 Å². The molecule has 142 valence electrons. The molecule has 0 aromatic heterocycles. The molecule has 0 radical (unpaired) electrons. The van der Waals surface area contributed by atoms with Crippen molar-refractivity contribution in [1.82, 2.24) is 4.90 Å². The number of hydrogen-bond donors (Lipinski definition) is 1. The summed E-state index contributed by atoms with van der Waals surface area (Å²) in [7, 11) is 0. The number of carboxylic acids is 1. The zero-order valence-electron chi connectivity index (χ0n) is 14.3. The molecule has 4 nitrogen and oxygen atoms in total. The average Bonchev–Trinajstić information content (AvgIpc) is 3.40. The number of carbonyl (C=O) groups excluding carboxylic acids is 1. The quantitative estimate of drug-likeness (QED) is 0.852. The molecule has 3 unspecified atom stereocenters. The van der Waals surface area contributed by atoms with E-state index in [0.717, 1.165) is 31.4 Å². The van der Waals surface area contributed by atoms with E-state index in [1.807, 2.05) is 0 Å². The Morgan fingerprint density at radius 3 is 2.69 bits per heavy atom. The number of carboxylic acid groups (broad SMARTS) is 1. The van der Waals surface area contributed by atoms with Crippen LogP contribution in [0.2, 0.25) is 0 Å². The van der Waals surface area contributed by atoms with Crippen LogP contribution in [-0.2, 0) is 15.8 Å². The van der Waals surface area contributed by atoms with Gasteiger partial charge in [-0.25, -0.2) is 0 Å². The minimum absolute atomic E-state index is 0.0240. The van der Waals surface area contributed by atoms with Gasteiger partial charge in [0, 0.05) is 24.9 Å². The summed E-state index contributed by atoms with van der Waals surface area (Å²) in [6, 6.07) is 5.13. The summed E-state index contributed by atoms with van der Waals surface area (Å²) in [5.41, 5.74) is -0.136. The lowest BCUT2D eigenvalue weighted by Gasteiger charge is -2.36. The highest BCUT2D eigenvalue weighted by molar-refractivity contribution is 5.83. The number of likely N-dealkylation sites (tertiary alicyclic amines) is 1. The lowest BCUT2D eigenvalue weighted by molar-refractivity contribution is -0.140. The molecule has 2 fully saturated rings. The van der Waals surface area contributed by atoms with Gasteiger partial charge in [-0.2, -0.15) is 13.2 Å². The van der Waals surface area contributed by atoms with Crippen molar-refractivity contribution in [2.45, 2.75) is 56.7 Å². The van der Waals surface area contributed by atoms with Crippen molar-refractivity contribution in [2.24, 2.45) is 5.92 Å². The molecule has 3 rings (SSSR count). The van der Waals surface area contributed by atoms with E-state index in [-0.39, 0.29) is 30.2 Å². The molecular formula is C19H22F3NO3. The fourth-order valence-corrected chi connectivity index (χ4v) is 3.88. The third kappa shape index (κ3) is 4.19. The van der Waals surface area contributed by atoms with Crippen molar-refractivity contribution in [3.63, 3.8) is 0 Å². The first-order valence-electron chi connectivity index (χ1n) is 8.97. The number of piperidine rings is 1. The van der Waals surface area contributed by atoms with Gasteiger partial charge < -0.3 is 10.0 Å². The SMILES string of the molecule is O=C(O)CCC1CCCCN1C(=O)C1CC1c1cccc(C(F)(F)F)c1. The molecule has 2 aliphatic rings. The molecule has 1 saturated carbocycles. The number of amides is 1. The van der Waals surface area contributed by atoms with Gasteiger partial charge in [-0.05, 0) is 49.7 Å². The van der Waals surface area contributed by atoms with Gasteiger partial charge in [-0.15, -0.1) is 0 Å². The van der Waals surface area contributed by atoms with E-state index in [1.54, 1.807) is 11.0 Å². The Morgan fingerprint density at radius 1 is 1.23 bits per heavy atom. The molecule has 3 atom stereocenters. The minimum Gasteiger partial charge on any atom is -0.481 e. The van der Waals surface area contributed by atoms with Crippen molar-refractivity contribution in [3.8, 4) is 0 Å². The molecule has 1 aromatic rings. The zero-order valence-corrected chi connectivity index (χ0v) is 14.3. The molecule has 7 heteroatoms.